The summed E-state index contributed by atoms with van der Waals surface area (Å²) >= 11 is 3.42. The number of halogens is 1. The van der Waals surface area contributed by atoms with E-state index in [4.69, 9.17) is 5.11 Å². The van der Waals surface area contributed by atoms with Gasteiger partial charge in [0.15, 0.2) is 0 Å². The Balaban J connectivity index is 2.25. The van der Waals surface area contributed by atoms with Crippen LogP contribution in [0.2, 0.25) is 0 Å². The summed E-state index contributed by atoms with van der Waals surface area (Å²) in [4.78, 5) is 10.9. The molecular formula is C16H20BrN3O2. The number of carbonyl (C=O) groups is 1. The van der Waals surface area contributed by atoms with E-state index < -0.39 is 12.0 Å². The Morgan fingerprint density at radius 3 is 2.50 bits per heavy atom. The molecular weight excluding hydrogens is 346 g/mol. The maximum Gasteiger partial charge on any atom is 0.320 e. The van der Waals surface area contributed by atoms with E-state index in [9.17, 15) is 4.79 Å². The molecule has 0 saturated heterocycles. The van der Waals surface area contributed by atoms with Crippen LogP contribution in [0.1, 0.15) is 37.9 Å². The van der Waals surface area contributed by atoms with Crippen molar-refractivity contribution in [3.05, 3.63) is 46.2 Å². The third-order valence-corrected chi connectivity index (χ3v) is 3.96. The summed E-state index contributed by atoms with van der Waals surface area (Å²) in [7, 11) is 0. The Morgan fingerprint density at radius 2 is 1.95 bits per heavy atom. The number of aromatic nitrogens is 2. The van der Waals surface area contributed by atoms with Crippen LogP contribution >= 0.6 is 15.9 Å². The molecule has 0 aliphatic heterocycles. The molecule has 0 spiro atoms. The van der Waals surface area contributed by atoms with Gasteiger partial charge in [-0.25, -0.2) is 4.68 Å². The van der Waals surface area contributed by atoms with Crippen LogP contribution in [0.4, 0.5) is 0 Å². The first kappa shape index (κ1) is 16.7. The number of hydrogen-bond acceptors (Lipinski definition) is 3. The molecule has 0 fully saturated rings. The molecule has 0 amide bonds. The van der Waals surface area contributed by atoms with Gasteiger partial charge in [0.1, 0.15) is 6.04 Å². The van der Waals surface area contributed by atoms with E-state index in [2.05, 4.69) is 40.2 Å². The molecule has 1 atom stereocenters. The normalized spacial score (nSPS) is 12.6. The second-order valence-corrected chi connectivity index (χ2v) is 6.47. The molecule has 0 aliphatic rings. The highest BCUT2D eigenvalue weighted by Gasteiger charge is 2.16. The molecule has 118 valence electrons. The van der Waals surface area contributed by atoms with E-state index in [0.717, 1.165) is 21.4 Å². The number of aliphatic carboxylic acids is 1. The topological polar surface area (TPSA) is 67.2 Å². The van der Waals surface area contributed by atoms with E-state index in [1.165, 1.54) is 0 Å². The second kappa shape index (κ2) is 7.07. The molecule has 0 aliphatic carbocycles. The van der Waals surface area contributed by atoms with Crippen molar-refractivity contribution < 1.29 is 9.90 Å². The summed E-state index contributed by atoms with van der Waals surface area (Å²) in [5.41, 5.74) is 2.97. The summed E-state index contributed by atoms with van der Waals surface area (Å²) in [6.07, 6.45) is 1.96. The van der Waals surface area contributed by atoms with Gasteiger partial charge in [-0.15, -0.1) is 0 Å². The van der Waals surface area contributed by atoms with Gasteiger partial charge in [-0.1, -0.05) is 29.8 Å². The zero-order valence-corrected chi connectivity index (χ0v) is 14.5. The molecule has 0 bridgehead atoms. The minimum atomic E-state index is -0.855. The molecule has 1 aromatic heterocycles. The molecule has 22 heavy (non-hydrogen) atoms. The highest BCUT2D eigenvalue weighted by molar-refractivity contribution is 9.10. The Morgan fingerprint density at radius 1 is 1.32 bits per heavy atom. The van der Waals surface area contributed by atoms with Gasteiger partial charge < -0.3 is 10.4 Å². The molecule has 5 nitrogen and oxygen atoms in total. The number of rotatable bonds is 6. The predicted molar refractivity (Wildman–Crippen MR) is 89.3 cm³/mol. The fourth-order valence-corrected chi connectivity index (χ4v) is 2.39. The largest absolute Gasteiger partial charge is 0.480 e. The molecule has 6 heteroatoms. The number of nitrogens with one attached hydrogen (secondary N) is 1. The number of hydrogen-bond donors (Lipinski definition) is 2. The lowest BCUT2D eigenvalue weighted by Gasteiger charge is -2.09. The van der Waals surface area contributed by atoms with Crippen molar-refractivity contribution in [3.63, 3.8) is 0 Å². The fourth-order valence-electron chi connectivity index (χ4n) is 2.12. The molecule has 0 unspecified atom stereocenters. The molecule has 2 aromatic rings. The van der Waals surface area contributed by atoms with Crippen LogP contribution in [0.15, 0.2) is 34.9 Å². The maximum atomic E-state index is 10.9. The van der Waals surface area contributed by atoms with Crippen LogP contribution in [0.25, 0.3) is 5.69 Å². The van der Waals surface area contributed by atoms with Crippen molar-refractivity contribution in [2.24, 2.45) is 0 Å². The number of carboxylic acids is 1. The minimum Gasteiger partial charge on any atom is -0.480 e. The molecule has 1 heterocycles. The zero-order valence-electron chi connectivity index (χ0n) is 12.9. The van der Waals surface area contributed by atoms with Gasteiger partial charge in [-0.3, -0.25) is 4.79 Å². The van der Waals surface area contributed by atoms with Crippen LogP contribution in [0.5, 0.6) is 0 Å². The van der Waals surface area contributed by atoms with Gasteiger partial charge >= 0.3 is 5.97 Å². The van der Waals surface area contributed by atoms with Gasteiger partial charge in [-0.05, 0) is 37.1 Å². The van der Waals surface area contributed by atoms with Crippen LogP contribution in [0.3, 0.4) is 0 Å². The van der Waals surface area contributed by atoms with Gasteiger partial charge in [0.2, 0.25) is 0 Å². The standard InChI is InChI=1S/C16H20BrN3O2/c1-10(2)15-12(8-18-11(3)16(21)22)9-20(19-15)14-6-4-13(17)5-7-14/h4-7,9-11,18H,8H2,1-3H3,(H,21,22)/t11-/m1/s1. The minimum absolute atomic E-state index is 0.272. The number of carboxylic acid groups (broad SMARTS) is 1. The van der Waals surface area contributed by atoms with Crippen molar-refractivity contribution in [1.29, 1.82) is 0 Å². The Kier molecular flexibility index (Phi) is 5.37. The third-order valence-electron chi connectivity index (χ3n) is 3.43. The van der Waals surface area contributed by atoms with Gasteiger partial charge in [0.05, 0.1) is 11.4 Å². The first-order valence-electron chi connectivity index (χ1n) is 7.19. The van der Waals surface area contributed by atoms with E-state index >= 15 is 0 Å². The summed E-state index contributed by atoms with van der Waals surface area (Å²) in [5.74, 6) is -0.583. The van der Waals surface area contributed by atoms with Gasteiger partial charge in [-0.2, -0.15) is 5.10 Å². The molecule has 0 saturated carbocycles. The van der Waals surface area contributed by atoms with Crippen molar-refractivity contribution in [1.82, 2.24) is 15.1 Å². The SMILES string of the molecule is CC(C)c1nn(-c2ccc(Br)cc2)cc1CN[C@H](C)C(=O)O. The Labute approximate surface area is 138 Å². The predicted octanol–water partition coefficient (Wildman–Crippen LogP) is 3.32. The number of nitrogens with zero attached hydrogens (tertiary/aromatic N) is 2. The van der Waals surface area contributed by atoms with Crippen molar-refractivity contribution in [3.8, 4) is 5.69 Å². The van der Waals surface area contributed by atoms with Gasteiger partial charge in [0.25, 0.3) is 0 Å². The fraction of sp³-hybridized carbons (Fsp3) is 0.375. The number of benzene rings is 1. The summed E-state index contributed by atoms with van der Waals surface area (Å²) in [6, 6.07) is 7.32. The lowest BCUT2D eigenvalue weighted by atomic mass is 10.1. The lowest BCUT2D eigenvalue weighted by molar-refractivity contribution is -0.139. The Bertz CT molecular complexity index is 650. The summed E-state index contributed by atoms with van der Waals surface area (Å²) in [6.45, 7) is 6.28. The van der Waals surface area contributed by atoms with Crippen LogP contribution in [-0.4, -0.2) is 26.9 Å². The second-order valence-electron chi connectivity index (χ2n) is 5.56. The summed E-state index contributed by atoms with van der Waals surface area (Å²) < 4.78 is 2.86. The maximum absolute atomic E-state index is 10.9. The van der Waals surface area contributed by atoms with E-state index in [-0.39, 0.29) is 5.92 Å². The molecule has 2 N–H and O–H groups in total. The summed E-state index contributed by atoms with van der Waals surface area (Å²) in [5, 5.41) is 16.6. The molecule has 0 radical (unpaired) electrons. The molecule has 2 rings (SSSR count). The Hall–Kier alpha value is -1.66. The van der Waals surface area contributed by atoms with E-state index in [0.29, 0.717) is 6.54 Å². The van der Waals surface area contributed by atoms with Crippen LogP contribution < -0.4 is 5.32 Å². The highest BCUT2D eigenvalue weighted by Crippen LogP contribution is 2.21. The average Bonchev–Trinajstić information content (AvgIpc) is 2.89. The monoisotopic (exact) mass is 365 g/mol. The smallest absolute Gasteiger partial charge is 0.320 e. The van der Waals surface area contributed by atoms with E-state index in [1.54, 1.807) is 6.92 Å². The first-order chi connectivity index (χ1) is 10.4. The highest BCUT2D eigenvalue weighted by atomic mass is 79.9. The zero-order chi connectivity index (χ0) is 16.3. The van der Waals surface area contributed by atoms with Crippen molar-refractivity contribution in [2.45, 2.75) is 39.3 Å². The van der Waals surface area contributed by atoms with Gasteiger partial charge in [0, 0.05) is 22.8 Å². The first-order valence-corrected chi connectivity index (χ1v) is 7.98. The van der Waals surface area contributed by atoms with Crippen molar-refractivity contribution >= 4 is 21.9 Å². The van der Waals surface area contributed by atoms with Crippen LogP contribution in [0, 0.1) is 0 Å². The quantitative estimate of drug-likeness (QED) is 0.823. The van der Waals surface area contributed by atoms with Crippen molar-refractivity contribution in [2.75, 3.05) is 0 Å². The van der Waals surface area contributed by atoms with Crippen LogP contribution in [-0.2, 0) is 11.3 Å². The molecule has 1 aromatic carbocycles. The lowest BCUT2D eigenvalue weighted by Crippen LogP contribution is -2.33. The van der Waals surface area contributed by atoms with E-state index in [1.807, 2.05) is 35.1 Å². The third kappa shape index (κ3) is 3.96. The average molecular weight is 366 g/mol.